The summed E-state index contributed by atoms with van der Waals surface area (Å²) in [6.07, 6.45) is 10.4. The Morgan fingerprint density at radius 2 is 2.11 bits per heavy atom. The summed E-state index contributed by atoms with van der Waals surface area (Å²) in [4.78, 5) is 17.1. The summed E-state index contributed by atoms with van der Waals surface area (Å²) in [5.41, 5.74) is 2.95. The number of benzene rings is 1. The van der Waals surface area contributed by atoms with Crippen molar-refractivity contribution < 1.29 is 4.79 Å². The maximum Gasteiger partial charge on any atom is 0.229 e. The highest BCUT2D eigenvalue weighted by Gasteiger charge is 2.63. The summed E-state index contributed by atoms with van der Waals surface area (Å²) in [6, 6.07) is 6.18. The van der Waals surface area contributed by atoms with Crippen LogP contribution in [0.1, 0.15) is 48.6 Å². The van der Waals surface area contributed by atoms with Crippen molar-refractivity contribution in [2.45, 2.75) is 37.5 Å². The second-order valence-electron chi connectivity index (χ2n) is 8.79. The second-order valence-corrected chi connectivity index (χ2v) is 9.20. The van der Waals surface area contributed by atoms with Gasteiger partial charge in [0.25, 0.3) is 0 Å². The van der Waals surface area contributed by atoms with Crippen molar-refractivity contribution in [3.8, 4) is 0 Å². The Hall–Kier alpha value is -2.40. The monoisotopic (exact) mass is 392 g/mol. The number of aromatic nitrogens is 3. The van der Waals surface area contributed by atoms with E-state index in [9.17, 15) is 4.79 Å². The van der Waals surface area contributed by atoms with E-state index in [2.05, 4.69) is 21.5 Å². The van der Waals surface area contributed by atoms with Crippen LogP contribution < -0.4 is 5.32 Å². The van der Waals surface area contributed by atoms with E-state index in [4.69, 9.17) is 11.6 Å². The molecule has 3 aromatic rings. The van der Waals surface area contributed by atoms with E-state index in [1.807, 2.05) is 31.6 Å². The lowest BCUT2D eigenvalue weighted by Gasteiger charge is -2.09. The molecule has 5 nitrogen and oxygen atoms in total. The number of hydrogen-bond acceptors (Lipinski definition) is 3. The van der Waals surface area contributed by atoms with Crippen LogP contribution in [0.5, 0.6) is 0 Å². The first-order chi connectivity index (χ1) is 13.5. The lowest BCUT2D eigenvalue weighted by atomic mass is 10.0. The molecule has 2 heterocycles. The molecule has 1 aromatic carbocycles. The normalized spacial score (nSPS) is 26.4. The zero-order valence-corrected chi connectivity index (χ0v) is 16.4. The number of carbonyl (C=O) groups excluding carboxylic acids is 1. The smallest absolute Gasteiger partial charge is 0.229 e. The number of amides is 1. The van der Waals surface area contributed by atoms with Crippen molar-refractivity contribution in [1.29, 1.82) is 0 Å². The van der Waals surface area contributed by atoms with Crippen LogP contribution in [0.25, 0.3) is 10.8 Å². The fraction of sp³-hybridized carbons (Fsp3) is 0.409. The summed E-state index contributed by atoms with van der Waals surface area (Å²) >= 11 is 6.54. The fourth-order valence-electron chi connectivity index (χ4n) is 4.72. The molecule has 3 aliphatic carbocycles. The van der Waals surface area contributed by atoms with E-state index in [-0.39, 0.29) is 17.7 Å². The Morgan fingerprint density at radius 3 is 2.82 bits per heavy atom. The molecule has 6 heteroatoms. The number of nitrogens with zero attached hydrogens (tertiary/aromatic N) is 3. The first-order valence-electron chi connectivity index (χ1n) is 9.91. The molecule has 3 fully saturated rings. The molecule has 1 N–H and O–H groups in total. The minimum absolute atomic E-state index is 0.00339. The molecule has 0 radical (unpaired) electrons. The minimum Gasteiger partial charge on any atom is -0.310 e. The number of rotatable bonds is 4. The van der Waals surface area contributed by atoms with Gasteiger partial charge < -0.3 is 5.32 Å². The first kappa shape index (κ1) is 16.5. The van der Waals surface area contributed by atoms with Gasteiger partial charge in [0.15, 0.2) is 0 Å². The minimum atomic E-state index is 0.00339. The summed E-state index contributed by atoms with van der Waals surface area (Å²) in [5, 5.41) is 10.1. The highest BCUT2D eigenvalue weighted by molar-refractivity contribution is 6.32. The zero-order valence-electron chi connectivity index (χ0n) is 15.7. The van der Waals surface area contributed by atoms with Gasteiger partial charge in [-0.15, -0.1) is 0 Å². The number of pyridine rings is 1. The molecule has 3 atom stereocenters. The topological polar surface area (TPSA) is 59.8 Å². The van der Waals surface area contributed by atoms with Crippen LogP contribution in [0.4, 0.5) is 5.82 Å². The number of nitrogens with one attached hydrogen (secondary N) is 1. The molecule has 142 valence electrons. The average molecular weight is 393 g/mol. The van der Waals surface area contributed by atoms with Gasteiger partial charge in [0.1, 0.15) is 5.82 Å². The van der Waals surface area contributed by atoms with E-state index in [1.165, 1.54) is 24.8 Å². The Kier molecular flexibility index (Phi) is 3.29. The predicted molar refractivity (Wildman–Crippen MR) is 108 cm³/mol. The van der Waals surface area contributed by atoms with Crippen LogP contribution >= 0.6 is 11.6 Å². The number of fused-ring (bicyclic) bond motifs is 1. The predicted octanol–water partition coefficient (Wildman–Crippen LogP) is 4.63. The highest BCUT2D eigenvalue weighted by Crippen LogP contribution is 2.75. The van der Waals surface area contributed by atoms with E-state index in [1.54, 1.807) is 10.9 Å². The third-order valence-electron chi connectivity index (χ3n) is 6.83. The van der Waals surface area contributed by atoms with Gasteiger partial charge in [-0.3, -0.25) is 9.48 Å². The Balaban J connectivity index is 1.22. The molecule has 0 aliphatic heterocycles. The van der Waals surface area contributed by atoms with Crippen LogP contribution in [0.2, 0.25) is 5.02 Å². The van der Waals surface area contributed by atoms with E-state index in [0.29, 0.717) is 17.2 Å². The summed E-state index contributed by atoms with van der Waals surface area (Å²) in [6.45, 7) is 0. The van der Waals surface area contributed by atoms with E-state index in [0.717, 1.165) is 27.8 Å². The molecule has 3 aliphatic rings. The molecule has 0 unspecified atom stereocenters. The first-order valence-corrected chi connectivity index (χ1v) is 10.3. The van der Waals surface area contributed by atoms with Gasteiger partial charge in [0.2, 0.25) is 5.91 Å². The number of hydrogen-bond donors (Lipinski definition) is 1. The van der Waals surface area contributed by atoms with Crippen LogP contribution in [-0.4, -0.2) is 20.7 Å². The summed E-state index contributed by atoms with van der Waals surface area (Å²) in [5.74, 6) is 1.53. The standard InChI is InChI=1S/C22H21ClN4O/c1-27-11-14(10-25-27)15-7-16(15)21(28)26-20-6-12-4-17(18-8-22(18)2-3-22)19(23)5-13(12)9-24-20/h4-6,9-11,15-16,18H,2-3,7-8H2,1H3,(H,24,26,28)/t15-,16+,18+/m1/s1. The van der Waals surface area contributed by atoms with Gasteiger partial charge in [-0.2, -0.15) is 5.10 Å². The number of carbonyl (C=O) groups is 1. The van der Waals surface area contributed by atoms with Gasteiger partial charge in [0.05, 0.1) is 6.20 Å². The van der Waals surface area contributed by atoms with Crippen molar-refractivity contribution >= 4 is 34.1 Å². The van der Waals surface area contributed by atoms with Crippen LogP contribution in [-0.2, 0) is 11.8 Å². The van der Waals surface area contributed by atoms with Crippen LogP contribution in [0.3, 0.4) is 0 Å². The summed E-state index contributed by atoms with van der Waals surface area (Å²) < 4.78 is 1.78. The van der Waals surface area contributed by atoms with Crippen molar-refractivity contribution in [3.63, 3.8) is 0 Å². The Morgan fingerprint density at radius 1 is 1.25 bits per heavy atom. The van der Waals surface area contributed by atoms with Gasteiger partial charge in [-0.1, -0.05) is 11.6 Å². The average Bonchev–Trinajstić information content (AvgIpc) is 3.60. The van der Waals surface area contributed by atoms with E-state index >= 15 is 0 Å². The van der Waals surface area contributed by atoms with Crippen molar-refractivity contribution in [2.75, 3.05) is 5.32 Å². The molecule has 1 amide bonds. The highest BCUT2D eigenvalue weighted by atomic mass is 35.5. The Labute approximate surface area is 168 Å². The van der Waals surface area contributed by atoms with Crippen LogP contribution in [0, 0.1) is 11.3 Å². The largest absolute Gasteiger partial charge is 0.310 e. The van der Waals surface area contributed by atoms with Gasteiger partial charge in [-0.05, 0) is 77.6 Å². The number of halogens is 1. The lowest BCUT2D eigenvalue weighted by molar-refractivity contribution is -0.117. The van der Waals surface area contributed by atoms with Crippen molar-refractivity contribution in [1.82, 2.24) is 14.8 Å². The van der Waals surface area contributed by atoms with Crippen molar-refractivity contribution in [2.24, 2.45) is 18.4 Å². The van der Waals surface area contributed by atoms with Crippen LogP contribution in [0.15, 0.2) is 36.8 Å². The lowest BCUT2D eigenvalue weighted by Crippen LogP contribution is -2.15. The van der Waals surface area contributed by atoms with Crippen molar-refractivity contribution in [3.05, 3.63) is 52.9 Å². The molecule has 3 saturated carbocycles. The second kappa shape index (κ2) is 5.57. The molecule has 0 bridgehead atoms. The molecule has 0 saturated heterocycles. The molecular weight excluding hydrogens is 372 g/mol. The molecule has 6 rings (SSSR count). The molecule has 28 heavy (non-hydrogen) atoms. The third-order valence-corrected chi connectivity index (χ3v) is 7.15. The maximum atomic E-state index is 12.6. The zero-order chi connectivity index (χ0) is 19.0. The summed E-state index contributed by atoms with van der Waals surface area (Å²) in [7, 11) is 1.90. The Bertz CT molecular complexity index is 1130. The van der Waals surface area contributed by atoms with Gasteiger partial charge in [-0.25, -0.2) is 4.98 Å². The fourth-order valence-corrected chi connectivity index (χ4v) is 5.03. The molecular formula is C22H21ClN4O. The molecule has 2 aromatic heterocycles. The number of aryl methyl sites for hydroxylation is 1. The number of anilines is 1. The molecule has 1 spiro atoms. The van der Waals surface area contributed by atoms with Gasteiger partial charge >= 0.3 is 0 Å². The quantitative estimate of drug-likeness (QED) is 0.704. The third kappa shape index (κ3) is 2.64. The maximum absolute atomic E-state index is 12.6. The van der Waals surface area contributed by atoms with E-state index < -0.39 is 0 Å². The SMILES string of the molecule is Cn1cc([C@H]2C[C@@H]2C(=O)Nc2cc3cc([C@@H]4CC45CC5)c(Cl)cc3cn2)cn1. The van der Waals surface area contributed by atoms with Gasteiger partial charge in [0, 0.05) is 35.8 Å².